The molecular formula is C101H174O16P2. The molecule has 684 valence electrons. The molecule has 18 heteroatoms. The largest absolute Gasteiger partial charge is 0.472 e. The molecule has 0 saturated carbocycles. The van der Waals surface area contributed by atoms with Gasteiger partial charge in [-0.3, -0.25) is 32.5 Å². The highest BCUT2D eigenvalue weighted by atomic mass is 31.2. The number of carbonyl (C=O) groups is 3. The zero-order valence-electron chi connectivity index (χ0n) is 75.5. The Hall–Kier alpha value is -4.83. The molecule has 4 N–H and O–H groups in total. The second kappa shape index (κ2) is 92.4. The van der Waals surface area contributed by atoms with Crippen LogP contribution in [-0.4, -0.2) is 95.9 Å². The molecule has 5 unspecified atom stereocenters. The summed E-state index contributed by atoms with van der Waals surface area (Å²) in [4.78, 5) is 59.0. The van der Waals surface area contributed by atoms with Gasteiger partial charge in [0.1, 0.15) is 25.4 Å². The lowest BCUT2D eigenvalue weighted by Crippen LogP contribution is -2.30. The van der Waals surface area contributed by atoms with E-state index in [1.807, 2.05) is 0 Å². The maximum absolute atomic E-state index is 13.1. The molecule has 0 heterocycles. The van der Waals surface area contributed by atoms with E-state index in [-0.39, 0.29) is 19.3 Å². The van der Waals surface area contributed by atoms with Gasteiger partial charge in [0, 0.05) is 19.3 Å². The summed E-state index contributed by atoms with van der Waals surface area (Å²) in [5.41, 5.74) is 0. The van der Waals surface area contributed by atoms with Gasteiger partial charge in [0.05, 0.1) is 26.4 Å². The van der Waals surface area contributed by atoms with Crippen LogP contribution < -0.4 is 0 Å². The number of hydrogen-bond acceptors (Lipinski definition) is 14. The number of unbranched alkanes of at least 4 members (excludes halogenated alkanes) is 41. The van der Waals surface area contributed by atoms with Gasteiger partial charge in [-0.2, -0.15) is 0 Å². The van der Waals surface area contributed by atoms with Crippen molar-refractivity contribution in [2.24, 2.45) is 0 Å². The van der Waals surface area contributed by atoms with E-state index in [4.69, 9.17) is 32.3 Å². The summed E-state index contributed by atoms with van der Waals surface area (Å²) in [7, 11) is -9.82. The topological polar surface area (TPSA) is 231 Å². The van der Waals surface area contributed by atoms with E-state index in [1.54, 1.807) is 0 Å². The second-order valence-electron chi connectivity index (χ2n) is 31.8. The summed E-state index contributed by atoms with van der Waals surface area (Å²) < 4.78 is 61.5. The molecule has 0 bridgehead atoms. The van der Waals surface area contributed by atoms with Crippen molar-refractivity contribution in [3.8, 4) is 0 Å². The molecule has 0 aromatic heterocycles. The summed E-state index contributed by atoms with van der Waals surface area (Å²) in [6, 6.07) is 0. The molecule has 0 radical (unpaired) electrons. The van der Waals surface area contributed by atoms with Gasteiger partial charge in [-0.05, 0) is 154 Å². The van der Waals surface area contributed by atoms with E-state index in [2.05, 4.69) is 179 Å². The summed E-state index contributed by atoms with van der Waals surface area (Å²) in [6.07, 6.45) is 119. The molecule has 0 rings (SSSR count). The second-order valence-corrected chi connectivity index (χ2v) is 34.7. The average molecular weight is 1710 g/mol. The molecule has 119 heavy (non-hydrogen) atoms. The van der Waals surface area contributed by atoms with Crippen LogP contribution in [0.1, 0.15) is 406 Å². The number of phosphoric ester groups is 2. The monoisotopic (exact) mass is 1710 g/mol. The van der Waals surface area contributed by atoms with E-state index in [0.29, 0.717) is 19.3 Å². The molecule has 0 aliphatic rings. The van der Waals surface area contributed by atoms with Crippen LogP contribution in [0.5, 0.6) is 0 Å². The van der Waals surface area contributed by atoms with Crippen LogP contribution in [0.15, 0.2) is 158 Å². The fraction of sp³-hybridized carbons (Fsp3) is 0.713. The first-order valence-electron chi connectivity index (χ1n) is 47.8. The van der Waals surface area contributed by atoms with Crippen LogP contribution in [0.3, 0.4) is 0 Å². The highest BCUT2D eigenvalue weighted by Crippen LogP contribution is 2.45. The Morgan fingerprint density at radius 3 is 0.706 bits per heavy atom. The molecule has 0 aromatic carbocycles. The number of aliphatic hydroxyl groups is 2. The Morgan fingerprint density at radius 1 is 0.244 bits per heavy atom. The van der Waals surface area contributed by atoms with Gasteiger partial charge in [-0.1, -0.05) is 391 Å². The Balaban J connectivity index is 4.56. The predicted octanol–water partition coefficient (Wildman–Crippen LogP) is 29.7. The molecule has 5 atom stereocenters. The van der Waals surface area contributed by atoms with Gasteiger partial charge in [0.2, 0.25) is 0 Å². The van der Waals surface area contributed by atoms with Crippen LogP contribution in [0.25, 0.3) is 0 Å². The molecule has 0 fully saturated rings. The number of ether oxygens (including phenoxy) is 3. The van der Waals surface area contributed by atoms with Crippen molar-refractivity contribution in [2.45, 2.75) is 424 Å². The van der Waals surface area contributed by atoms with Crippen molar-refractivity contribution in [1.29, 1.82) is 0 Å². The van der Waals surface area contributed by atoms with E-state index < -0.39 is 91.5 Å². The van der Waals surface area contributed by atoms with Gasteiger partial charge in [0.15, 0.2) is 6.10 Å². The minimum absolute atomic E-state index is 0.0805. The fourth-order valence-electron chi connectivity index (χ4n) is 13.0. The summed E-state index contributed by atoms with van der Waals surface area (Å²) in [5.74, 6) is -1.59. The Morgan fingerprint density at radius 2 is 0.445 bits per heavy atom. The molecule has 0 aliphatic heterocycles. The molecule has 0 spiro atoms. The number of esters is 3. The third kappa shape index (κ3) is 93.7. The molecular weight excluding hydrogens is 1530 g/mol. The Bertz CT molecular complexity index is 2790. The van der Waals surface area contributed by atoms with E-state index >= 15 is 0 Å². The molecule has 0 amide bonds. The van der Waals surface area contributed by atoms with Gasteiger partial charge in [-0.15, -0.1) is 0 Å². The first kappa shape index (κ1) is 114. The van der Waals surface area contributed by atoms with Crippen LogP contribution in [0, 0.1) is 0 Å². The number of aliphatic hydroxyl groups excluding tert-OH is 2. The smallest absolute Gasteiger partial charge is 0.463 e. The Labute approximate surface area is 727 Å². The standard InChI is InChI=1S/C101H174O16P2/c1-4-7-10-13-16-19-22-25-28-31-34-37-39-41-43-45-46-47-48-50-52-53-55-58-60-63-66-69-72-75-78-81-84-87-99(104)111-90-96(102)91-113-118(107,108)114-92-97(103)93-115-119(109,110)116-95-98(117-101(106)89-86-83-80-77-74-71-68-65-62-57-36-33-30-27-24-21-18-15-12-9-6-3)94-112-100(105)88-85-82-79-76-73-70-67-64-61-59-56-54-51-49-44-42-40-38-35-32-29-26-23-20-17-14-11-8-5-2/h8,11,16-21,25-30,34-38,41-44,57,65,68,96-98,102-103H,4-7,9-10,12-15,22-24,31-33,39-40,45-56,58-64,66-67,69-95H2,1-3H3,(H,107,108)(H,109,110)/b11-8-,19-16-,20-17-,21-18-,28-25-,29-26-,30-27-,37-34-,38-35-,43-41-,44-42-,57-36-,68-65-. The third-order valence-corrected chi connectivity index (χ3v) is 22.1. The zero-order valence-corrected chi connectivity index (χ0v) is 77.3. The van der Waals surface area contributed by atoms with E-state index in [0.717, 1.165) is 161 Å². The number of rotatable bonds is 90. The predicted molar refractivity (Wildman–Crippen MR) is 500 cm³/mol. The van der Waals surface area contributed by atoms with Gasteiger partial charge < -0.3 is 34.2 Å². The van der Waals surface area contributed by atoms with Crippen molar-refractivity contribution >= 4 is 33.6 Å². The first-order chi connectivity index (χ1) is 58.2. The normalized spacial score (nSPS) is 14.4. The van der Waals surface area contributed by atoms with Crippen molar-refractivity contribution in [2.75, 3.05) is 39.6 Å². The molecule has 0 aromatic rings. The highest BCUT2D eigenvalue weighted by Gasteiger charge is 2.30. The SMILES string of the molecule is CC/C=C\C/C=C\C/C=C\C/C=C\C/C=C\CCCCCCCCCCCCCCCC(=O)OCC(COP(=O)(O)OCC(O)COP(=O)(O)OCC(O)COC(=O)CCCCCCCCCCCCCCCCCCC/C=C\C/C=C\C/C=C\C/C=C\CCCCC)OC(=O)CCCCCCC/C=C\C/C=C\C/C=C\C/C=C\CCCCC. The summed E-state index contributed by atoms with van der Waals surface area (Å²) in [6.45, 7) is 2.55. The Kier molecular flexibility index (Phi) is 88.6. The van der Waals surface area contributed by atoms with Gasteiger partial charge in [0.25, 0.3) is 0 Å². The van der Waals surface area contributed by atoms with E-state index in [9.17, 15) is 43.5 Å². The average Bonchev–Trinajstić information content (AvgIpc) is 0.903. The number of hydrogen-bond donors (Lipinski definition) is 4. The number of carbonyl (C=O) groups excluding carboxylic acids is 3. The summed E-state index contributed by atoms with van der Waals surface area (Å²) >= 11 is 0. The zero-order chi connectivity index (χ0) is 86.5. The molecule has 16 nitrogen and oxygen atoms in total. The van der Waals surface area contributed by atoms with Crippen LogP contribution in [0.4, 0.5) is 0 Å². The first-order valence-corrected chi connectivity index (χ1v) is 50.8. The number of allylic oxidation sites excluding steroid dienone is 26. The van der Waals surface area contributed by atoms with E-state index in [1.165, 1.54) is 186 Å². The molecule has 0 saturated heterocycles. The van der Waals surface area contributed by atoms with Crippen molar-refractivity contribution in [1.82, 2.24) is 0 Å². The van der Waals surface area contributed by atoms with Crippen LogP contribution in [-0.2, 0) is 55.8 Å². The fourth-order valence-corrected chi connectivity index (χ4v) is 14.6. The van der Waals surface area contributed by atoms with Crippen LogP contribution >= 0.6 is 15.6 Å². The van der Waals surface area contributed by atoms with Crippen molar-refractivity contribution < 1.29 is 75.8 Å². The molecule has 0 aliphatic carbocycles. The number of phosphoric acid groups is 2. The minimum Gasteiger partial charge on any atom is -0.463 e. The lowest BCUT2D eigenvalue weighted by atomic mass is 10.0. The van der Waals surface area contributed by atoms with Gasteiger partial charge in [-0.25, -0.2) is 9.13 Å². The maximum atomic E-state index is 13.1. The van der Waals surface area contributed by atoms with Gasteiger partial charge >= 0.3 is 33.6 Å². The van der Waals surface area contributed by atoms with Crippen molar-refractivity contribution in [3.05, 3.63) is 158 Å². The quantitative estimate of drug-likeness (QED) is 0.0146. The highest BCUT2D eigenvalue weighted by molar-refractivity contribution is 7.47. The maximum Gasteiger partial charge on any atom is 0.472 e. The van der Waals surface area contributed by atoms with Crippen LogP contribution in [0.2, 0.25) is 0 Å². The van der Waals surface area contributed by atoms with Crippen molar-refractivity contribution in [3.63, 3.8) is 0 Å². The summed E-state index contributed by atoms with van der Waals surface area (Å²) in [5, 5.41) is 20.8. The lowest BCUT2D eigenvalue weighted by Gasteiger charge is -2.21. The minimum atomic E-state index is -4.95. The lowest BCUT2D eigenvalue weighted by molar-refractivity contribution is -0.161. The third-order valence-electron chi connectivity index (χ3n) is 20.2.